The van der Waals surface area contributed by atoms with Crippen molar-refractivity contribution >= 4 is 55.6 Å². The Morgan fingerprint density at radius 2 is 1.81 bits per heavy atom. The molecular weight excluding hydrogens is 322 g/mol. The van der Waals surface area contributed by atoms with Gasteiger partial charge >= 0.3 is 0 Å². The second kappa shape index (κ2) is 5.43. The molecule has 0 radical (unpaired) electrons. The zero-order valence-electron chi connectivity index (χ0n) is 11.9. The van der Waals surface area contributed by atoms with Crippen molar-refractivity contribution in [1.82, 2.24) is 15.0 Å². The van der Waals surface area contributed by atoms with E-state index >= 15 is 0 Å². The molecule has 0 amide bonds. The third-order valence-corrected chi connectivity index (χ3v) is 6.65. The summed E-state index contributed by atoms with van der Waals surface area (Å²) in [5, 5.41) is 1.58. The summed E-state index contributed by atoms with van der Waals surface area (Å²) in [5.41, 5.74) is 13.9. The molecule has 0 saturated heterocycles. The molecule has 3 aromatic heterocycles. The monoisotopic (exact) mass is 337 g/mol. The zero-order valence-corrected chi connectivity index (χ0v) is 14.4. The van der Waals surface area contributed by atoms with E-state index < -0.39 is 0 Å². The Morgan fingerprint density at radius 1 is 1.05 bits per heavy atom. The van der Waals surface area contributed by atoms with Crippen molar-refractivity contribution < 1.29 is 0 Å². The first kappa shape index (κ1) is 14.6. The van der Waals surface area contributed by atoms with Gasteiger partial charge in [0, 0.05) is 4.88 Å². The Labute approximate surface area is 134 Å². The fraction of sp³-hybridized carbons (Fsp3) is 0.308. The molecule has 21 heavy (non-hydrogen) atoms. The van der Waals surface area contributed by atoms with Gasteiger partial charge in [-0.3, -0.25) is 0 Å². The summed E-state index contributed by atoms with van der Waals surface area (Å²) in [7, 11) is 0. The van der Waals surface area contributed by atoms with Gasteiger partial charge in [-0.25, -0.2) is 15.0 Å². The van der Waals surface area contributed by atoms with Gasteiger partial charge in [-0.1, -0.05) is 11.3 Å². The molecule has 3 rings (SSSR count). The summed E-state index contributed by atoms with van der Waals surface area (Å²) in [6.07, 6.45) is 0. The topological polar surface area (TPSA) is 90.7 Å². The molecule has 0 saturated carbocycles. The van der Waals surface area contributed by atoms with E-state index in [0.717, 1.165) is 25.9 Å². The number of thioether (sulfide) groups is 1. The van der Waals surface area contributed by atoms with E-state index in [1.807, 2.05) is 6.92 Å². The Balaban J connectivity index is 1.89. The highest BCUT2D eigenvalue weighted by Crippen LogP contribution is 2.35. The SMILES string of the molecule is Cc1nc(N)sc1SCc1nc(N)c2c(C)c(C)sc2n1. The van der Waals surface area contributed by atoms with Gasteiger partial charge in [0.1, 0.15) is 16.5 Å². The summed E-state index contributed by atoms with van der Waals surface area (Å²) in [6.45, 7) is 6.10. The number of anilines is 2. The Bertz CT molecular complexity index is 821. The molecule has 0 unspecified atom stereocenters. The minimum atomic E-state index is 0.568. The van der Waals surface area contributed by atoms with Gasteiger partial charge in [-0.15, -0.1) is 23.1 Å². The van der Waals surface area contributed by atoms with Crippen LogP contribution in [0.25, 0.3) is 10.2 Å². The van der Waals surface area contributed by atoms with E-state index in [1.165, 1.54) is 21.8 Å². The molecule has 4 N–H and O–H groups in total. The molecule has 0 fully saturated rings. The van der Waals surface area contributed by atoms with E-state index in [2.05, 4.69) is 28.8 Å². The van der Waals surface area contributed by atoms with Gasteiger partial charge < -0.3 is 11.5 Å². The highest BCUT2D eigenvalue weighted by atomic mass is 32.2. The second-order valence-corrected chi connectivity index (χ2v) is 8.18. The van der Waals surface area contributed by atoms with Crippen molar-refractivity contribution in [2.75, 3.05) is 11.5 Å². The number of aromatic nitrogens is 3. The number of thiazole rings is 1. The Hall–Kier alpha value is -1.38. The first-order valence-electron chi connectivity index (χ1n) is 6.33. The van der Waals surface area contributed by atoms with Gasteiger partial charge in [-0.05, 0) is 26.3 Å². The predicted molar refractivity (Wildman–Crippen MR) is 92.1 cm³/mol. The van der Waals surface area contributed by atoms with Crippen LogP contribution in [0.5, 0.6) is 0 Å². The number of nitrogen functional groups attached to an aromatic ring is 2. The van der Waals surface area contributed by atoms with Crippen molar-refractivity contribution in [1.29, 1.82) is 0 Å². The van der Waals surface area contributed by atoms with Gasteiger partial charge in [0.05, 0.1) is 21.0 Å². The molecule has 0 aliphatic heterocycles. The maximum absolute atomic E-state index is 6.09. The molecule has 0 spiro atoms. The predicted octanol–water partition coefficient (Wildman–Crippen LogP) is 3.53. The van der Waals surface area contributed by atoms with Gasteiger partial charge in [0.25, 0.3) is 0 Å². The molecule has 5 nitrogen and oxygen atoms in total. The van der Waals surface area contributed by atoms with Crippen LogP contribution in [0.1, 0.15) is 22.0 Å². The van der Waals surface area contributed by atoms with E-state index in [9.17, 15) is 0 Å². The highest BCUT2D eigenvalue weighted by molar-refractivity contribution is 8.00. The molecule has 3 aromatic rings. The molecule has 110 valence electrons. The van der Waals surface area contributed by atoms with Crippen LogP contribution in [0.4, 0.5) is 10.9 Å². The summed E-state index contributed by atoms with van der Waals surface area (Å²) >= 11 is 4.81. The minimum absolute atomic E-state index is 0.568. The van der Waals surface area contributed by atoms with E-state index in [-0.39, 0.29) is 0 Å². The summed E-state index contributed by atoms with van der Waals surface area (Å²) in [5.74, 6) is 1.98. The van der Waals surface area contributed by atoms with Crippen molar-refractivity contribution in [3.05, 3.63) is 22.0 Å². The van der Waals surface area contributed by atoms with Crippen molar-refractivity contribution in [2.45, 2.75) is 30.7 Å². The number of nitrogens with zero attached hydrogens (tertiary/aromatic N) is 3. The summed E-state index contributed by atoms with van der Waals surface area (Å²) in [6, 6.07) is 0. The lowest BCUT2D eigenvalue weighted by Crippen LogP contribution is -1.99. The first-order chi connectivity index (χ1) is 9.95. The third-order valence-electron chi connectivity index (χ3n) is 3.21. The Kier molecular flexibility index (Phi) is 3.76. The normalized spacial score (nSPS) is 11.4. The lowest BCUT2D eigenvalue weighted by molar-refractivity contribution is 1.08. The van der Waals surface area contributed by atoms with Crippen LogP contribution in [0.3, 0.4) is 0 Å². The smallest absolute Gasteiger partial charge is 0.181 e. The number of thiophene rings is 1. The minimum Gasteiger partial charge on any atom is -0.383 e. The van der Waals surface area contributed by atoms with Gasteiger partial charge in [0.2, 0.25) is 0 Å². The van der Waals surface area contributed by atoms with Crippen LogP contribution in [0.15, 0.2) is 4.21 Å². The maximum Gasteiger partial charge on any atom is 0.181 e. The van der Waals surface area contributed by atoms with Crippen molar-refractivity contribution in [3.8, 4) is 0 Å². The number of aryl methyl sites for hydroxylation is 3. The van der Waals surface area contributed by atoms with Crippen LogP contribution in [-0.2, 0) is 5.75 Å². The number of nitrogens with two attached hydrogens (primary N) is 2. The quantitative estimate of drug-likeness (QED) is 0.711. The highest BCUT2D eigenvalue weighted by Gasteiger charge is 2.13. The zero-order chi connectivity index (χ0) is 15.1. The number of hydrogen-bond donors (Lipinski definition) is 2. The van der Waals surface area contributed by atoms with Crippen LogP contribution in [0, 0.1) is 20.8 Å². The number of rotatable bonds is 3. The van der Waals surface area contributed by atoms with E-state index in [0.29, 0.717) is 16.7 Å². The molecule has 0 atom stereocenters. The van der Waals surface area contributed by atoms with Crippen LogP contribution in [-0.4, -0.2) is 15.0 Å². The second-order valence-electron chi connectivity index (χ2n) is 4.70. The van der Waals surface area contributed by atoms with Crippen LogP contribution >= 0.6 is 34.4 Å². The largest absolute Gasteiger partial charge is 0.383 e. The molecule has 8 heteroatoms. The average Bonchev–Trinajstić information content (AvgIpc) is 2.87. The van der Waals surface area contributed by atoms with Crippen LogP contribution in [0.2, 0.25) is 0 Å². The standard InChI is InChI=1S/C13H15N5S3/c1-5-7(3)20-11-9(5)10(14)17-8(18-11)4-19-12-6(2)16-13(15)21-12/h4H2,1-3H3,(H2,15,16)(H2,14,17,18). The van der Waals surface area contributed by atoms with Crippen LogP contribution < -0.4 is 11.5 Å². The molecule has 0 aromatic carbocycles. The van der Waals surface area contributed by atoms with E-state index in [4.69, 9.17) is 11.5 Å². The van der Waals surface area contributed by atoms with Crippen molar-refractivity contribution in [3.63, 3.8) is 0 Å². The van der Waals surface area contributed by atoms with E-state index in [1.54, 1.807) is 23.1 Å². The average molecular weight is 337 g/mol. The fourth-order valence-electron chi connectivity index (χ4n) is 2.06. The number of hydrogen-bond acceptors (Lipinski definition) is 8. The number of fused-ring (bicyclic) bond motifs is 1. The Morgan fingerprint density at radius 3 is 2.48 bits per heavy atom. The van der Waals surface area contributed by atoms with Crippen molar-refractivity contribution in [2.24, 2.45) is 0 Å². The van der Waals surface area contributed by atoms with Gasteiger partial charge in [-0.2, -0.15) is 0 Å². The molecule has 3 heterocycles. The summed E-state index contributed by atoms with van der Waals surface area (Å²) < 4.78 is 1.10. The fourth-order valence-corrected chi connectivity index (χ4v) is 4.99. The lowest BCUT2D eigenvalue weighted by Gasteiger charge is -2.02. The molecule has 0 aliphatic carbocycles. The molecule has 0 aliphatic rings. The molecular formula is C13H15N5S3. The van der Waals surface area contributed by atoms with Gasteiger partial charge in [0.15, 0.2) is 5.13 Å². The first-order valence-corrected chi connectivity index (χ1v) is 8.95. The maximum atomic E-state index is 6.09. The lowest BCUT2D eigenvalue weighted by atomic mass is 10.2. The third kappa shape index (κ3) is 2.70. The molecule has 0 bridgehead atoms. The summed E-state index contributed by atoms with van der Waals surface area (Å²) in [4.78, 5) is 15.5.